The highest BCUT2D eigenvalue weighted by molar-refractivity contribution is 7.89. The average Bonchev–Trinajstić information content (AvgIpc) is 2.47. The van der Waals surface area contributed by atoms with Gasteiger partial charge in [-0.3, -0.25) is 0 Å². The Kier molecular flexibility index (Phi) is 4.20. The Hall–Kier alpha value is -1.42. The molecule has 0 spiro atoms. The van der Waals surface area contributed by atoms with Gasteiger partial charge in [-0.2, -0.15) is 9.57 Å². The summed E-state index contributed by atoms with van der Waals surface area (Å²) >= 11 is 0. The van der Waals surface area contributed by atoms with E-state index < -0.39 is 10.0 Å². The number of hydrogen-bond acceptors (Lipinski definition) is 4. The zero-order chi connectivity index (χ0) is 13.9. The van der Waals surface area contributed by atoms with Gasteiger partial charge in [0.1, 0.15) is 0 Å². The van der Waals surface area contributed by atoms with Gasteiger partial charge in [-0.25, -0.2) is 8.42 Å². The van der Waals surface area contributed by atoms with E-state index in [2.05, 4.69) is 0 Å². The predicted octanol–water partition coefficient (Wildman–Crippen LogP) is 1.06. The third-order valence-electron chi connectivity index (χ3n) is 3.44. The Morgan fingerprint density at radius 1 is 1.32 bits per heavy atom. The smallest absolute Gasteiger partial charge is 0.243 e. The molecule has 1 aromatic rings. The first-order valence-corrected chi connectivity index (χ1v) is 7.75. The van der Waals surface area contributed by atoms with Crippen LogP contribution in [-0.2, 0) is 10.0 Å². The summed E-state index contributed by atoms with van der Waals surface area (Å²) in [6, 6.07) is 7.87. The molecule has 19 heavy (non-hydrogen) atoms. The zero-order valence-electron chi connectivity index (χ0n) is 10.6. The number of hydrogen-bond donors (Lipinski definition) is 1. The summed E-state index contributed by atoms with van der Waals surface area (Å²) in [6.45, 7) is 0.861. The molecular weight excluding hydrogens is 262 g/mol. The molecule has 2 rings (SSSR count). The summed E-state index contributed by atoms with van der Waals surface area (Å²) in [7, 11) is -3.50. The van der Waals surface area contributed by atoms with E-state index in [0.717, 1.165) is 19.3 Å². The number of benzene rings is 1. The molecule has 0 amide bonds. The van der Waals surface area contributed by atoms with Crippen LogP contribution in [0.5, 0.6) is 0 Å². The summed E-state index contributed by atoms with van der Waals surface area (Å²) in [6.07, 6.45) is 2.69. The van der Waals surface area contributed by atoms with Crippen molar-refractivity contribution in [1.82, 2.24) is 4.31 Å². The number of rotatable bonds is 3. The van der Waals surface area contributed by atoms with Gasteiger partial charge in [-0.05, 0) is 37.1 Å². The minimum absolute atomic E-state index is 0.116. The molecule has 1 aliphatic heterocycles. The highest BCUT2D eigenvalue weighted by Crippen LogP contribution is 2.24. The molecular formula is C13H17N3O2S. The van der Waals surface area contributed by atoms with Crippen LogP contribution >= 0.6 is 0 Å². The van der Waals surface area contributed by atoms with Gasteiger partial charge in [0.05, 0.1) is 16.5 Å². The van der Waals surface area contributed by atoms with Crippen LogP contribution in [0.3, 0.4) is 0 Å². The van der Waals surface area contributed by atoms with E-state index in [1.807, 2.05) is 6.07 Å². The Balaban J connectivity index is 2.32. The maximum atomic E-state index is 12.5. The van der Waals surface area contributed by atoms with E-state index in [0.29, 0.717) is 18.7 Å². The van der Waals surface area contributed by atoms with Crippen LogP contribution in [0.25, 0.3) is 0 Å². The van der Waals surface area contributed by atoms with Gasteiger partial charge < -0.3 is 5.73 Å². The molecule has 2 N–H and O–H groups in total. The van der Waals surface area contributed by atoms with Crippen LogP contribution in [0.15, 0.2) is 29.2 Å². The van der Waals surface area contributed by atoms with Gasteiger partial charge >= 0.3 is 0 Å². The molecule has 1 aliphatic rings. The van der Waals surface area contributed by atoms with E-state index in [1.54, 1.807) is 0 Å². The Bertz CT molecular complexity index is 575. The van der Waals surface area contributed by atoms with Crippen molar-refractivity contribution in [2.24, 2.45) is 5.73 Å². The number of sulfonamides is 1. The first kappa shape index (κ1) is 14.0. The number of nitrogens with zero attached hydrogens (tertiary/aromatic N) is 2. The summed E-state index contributed by atoms with van der Waals surface area (Å²) < 4.78 is 26.6. The largest absolute Gasteiger partial charge is 0.329 e. The van der Waals surface area contributed by atoms with Crippen molar-refractivity contribution in [3.05, 3.63) is 29.8 Å². The van der Waals surface area contributed by atoms with E-state index >= 15 is 0 Å². The van der Waals surface area contributed by atoms with Crippen molar-refractivity contribution in [3.63, 3.8) is 0 Å². The lowest BCUT2D eigenvalue weighted by atomic mass is 10.1. The number of piperidine rings is 1. The van der Waals surface area contributed by atoms with Crippen LogP contribution in [0.2, 0.25) is 0 Å². The lowest BCUT2D eigenvalue weighted by Gasteiger charge is -2.33. The normalized spacial score (nSPS) is 20.9. The van der Waals surface area contributed by atoms with Gasteiger partial charge in [0, 0.05) is 19.1 Å². The SMILES string of the molecule is N#Cc1ccc(S(=O)(=O)N2CCCC[C@@H]2CN)cc1. The van der Waals surface area contributed by atoms with Gasteiger partial charge in [-0.1, -0.05) is 6.42 Å². The molecule has 1 heterocycles. The molecule has 0 aromatic heterocycles. The fraction of sp³-hybridized carbons (Fsp3) is 0.462. The van der Waals surface area contributed by atoms with Gasteiger partial charge in [-0.15, -0.1) is 0 Å². The van der Waals surface area contributed by atoms with Crippen molar-refractivity contribution in [3.8, 4) is 6.07 Å². The quantitative estimate of drug-likeness (QED) is 0.896. The van der Waals surface area contributed by atoms with Crippen molar-refractivity contribution < 1.29 is 8.42 Å². The lowest BCUT2D eigenvalue weighted by molar-refractivity contribution is 0.257. The van der Waals surface area contributed by atoms with E-state index in [4.69, 9.17) is 11.0 Å². The molecule has 1 fully saturated rings. The topological polar surface area (TPSA) is 87.2 Å². The monoisotopic (exact) mass is 279 g/mol. The molecule has 0 aliphatic carbocycles. The van der Waals surface area contributed by atoms with Crippen molar-refractivity contribution in [1.29, 1.82) is 5.26 Å². The second-order valence-electron chi connectivity index (χ2n) is 4.64. The molecule has 102 valence electrons. The minimum atomic E-state index is -3.50. The third-order valence-corrected chi connectivity index (χ3v) is 5.40. The van der Waals surface area contributed by atoms with Gasteiger partial charge in [0.25, 0.3) is 0 Å². The zero-order valence-corrected chi connectivity index (χ0v) is 11.4. The van der Waals surface area contributed by atoms with E-state index in [-0.39, 0.29) is 10.9 Å². The van der Waals surface area contributed by atoms with Crippen LogP contribution in [0.4, 0.5) is 0 Å². The van der Waals surface area contributed by atoms with E-state index in [9.17, 15) is 8.42 Å². The first-order valence-electron chi connectivity index (χ1n) is 6.31. The third kappa shape index (κ3) is 2.78. The standard InChI is InChI=1S/C13H17N3O2S/c14-9-11-4-6-13(7-5-11)19(17,18)16-8-2-1-3-12(16)10-15/h4-7,12H,1-3,8,10,15H2/t12-/m1/s1. The summed E-state index contributed by atoms with van der Waals surface area (Å²) in [5, 5.41) is 8.73. The average molecular weight is 279 g/mol. The van der Waals surface area contributed by atoms with Crippen LogP contribution in [-0.4, -0.2) is 31.9 Å². The Morgan fingerprint density at radius 3 is 2.58 bits per heavy atom. The summed E-state index contributed by atoms with van der Waals surface area (Å²) in [5.74, 6) is 0. The maximum absolute atomic E-state index is 12.5. The molecule has 6 heteroatoms. The fourth-order valence-electron chi connectivity index (χ4n) is 2.36. The lowest BCUT2D eigenvalue weighted by Crippen LogP contribution is -2.47. The number of nitrogens with two attached hydrogens (primary N) is 1. The molecule has 5 nitrogen and oxygen atoms in total. The molecule has 1 atom stereocenters. The van der Waals surface area contributed by atoms with E-state index in [1.165, 1.54) is 28.6 Å². The van der Waals surface area contributed by atoms with Crippen LogP contribution in [0, 0.1) is 11.3 Å². The highest BCUT2D eigenvalue weighted by Gasteiger charge is 2.32. The van der Waals surface area contributed by atoms with Crippen molar-refractivity contribution in [2.45, 2.75) is 30.2 Å². The van der Waals surface area contributed by atoms with Crippen molar-refractivity contribution in [2.75, 3.05) is 13.1 Å². The number of nitriles is 1. The minimum Gasteiger partial charge on any atom is -0.329 e. The Morgan fingerprint density at radius 2 is 2.00 bits per heavy atom. The molecule has 0 bridgehead atoms. The maximum Gasteiger partial charge on any atom is 0.243 e. The molecule has 1 aromatic carbocycles. The highest BCUT2D eigenvalue weighted by atomic mass is 32.2. The second kappa shape index (κ2) is 5.70. The summed E-state index contributed by atoms with van der Waals surface area (Å²) in [5.41, 5.74) is 6.12. The molecule has 0 unspecified atom stereocenters. The molecule has 1 saturated heterocycles. The predicted molar refractivity (Wildman–Crippen MR) is 71.7 cm³/mol. The van der Waals surface area contributed by atoms with Crippen LogP contribution in [0.1, 0.15) is 24.8 Å². The fourth-order valence-corrected chi connectivity index (χ4v) is 4.07. The summed E-state index contributed by atoms with van der Waals surface area (Å²) in [4.78, 5) is 0.229. The molecule has 0 saturated carbocycles. The van der Waals surface area contributed by atoms with Crippen molar-refractivity contribution >= 4 is 10.0 Å². The van der Waals surface area contributed by atoms with Gasteiger partial charge in [0.15, 0.2) is 0 Å². The second-order valence-corrected chi connectivity index (χ2v) is 6.53. The molecule has 0 radical (unpaired) electrons. The van der Waals surface area contributed by atoms with Gasteiger partial charge in [0.2, 0.25) is 10.0 Å². The Labute approximate surface area is 113 Å². The first-order chi connectivity index (χ1) is 9.09. The van der Waals surface area contributed by atoms with Crippen LogP contribution < -0.4 is 5.73 Å².